The summed E-state index contributed by atoms with van der Waals surface area (Å²) in [6.07, 6.45) is -1.16. The Bertz CT molecular complexity index is 842. The molecule has 0 aliphatic rings. The van der Waals surface area contributed by atoms with E-state index in [0.29, 0.717) is 0 Å². The van der Waals surface area contributed by atoms with Crippen LogP contribution < -0.4 is 10.6 Å². The zero-order valence-corrected chi connectivity index (χ0v) is 20.0. The van der Waals surface area contributed by atoms with Crippen LogP contribution >= 0.6 is 0 Å². The van der Waals surface area contributed by atoms with E-state index in [1.54, 1.807) is 24.3 Å². The zero-order chi connectivity index (χ0) is 25.7. The van der Waals surface area contributed by atoms with Crippen LogP contribution in [0.25, 0.3) is 0 Å². The van der Waals surface area contributed by atoms with E-state index in [-0.39, 0.29) is 18.9 Å². The minimum Gasteiger partial charge on any atom is -0.469 e. The second kappa shape index (κ2) is 14.5. The van der Waals surface area contributed by atoms with Crippen molar-refractivity contribution >= 4 is 29.9 Å². The van der Waals surface area contributed by atoms with Gasteiger partial charge in [-0.25, -0.2) is 9.59 Å². The molecule has 1 rings (SSSR count). The smallest absolute Gasteiger partial charge is 0.408 e. The molecule has 1 aromatic carbocycles. The van der Waals surface area contributed by atoms with E-state index in [2.05, 4.69) is 20.1 Å². The number of methoxy groups -OCH3 is 3. The lowest BCUT2D eigenvalue weighted by molar-refractivity contribution is -0.159. The molecule has 0 aromatic heterocycles. The summed E-state index contributed by atoms with van der Waals surface area (Å²) in [6.45, 7) is 3.67. The van der Waals surface area contributed by atoms with E-state index in [0.717, 1.165) is 26.9 Å². The SMILES string of the molecule is COC(=O)C[C@@H](C(=O)OC)[C@H](NC(=O)[C@H](CC(C)C)NC(=O)OCc1ccccc1)C(=O)OC. The van der Waals surface area contributed by atoms with Gasteiger partial charge in [0.1, 0.15) is 18.7 Å². The van der Waals surface area contributed by atoms with E-state index in [4.69, 9.17) is 9.47 Å². The number of rotatable bonds is 12. The fourth-order valence-electron chi connectivity index (χ4n) is 3.07. The van der Waals surface area contributed by atoms with Gasteiger partial charge in [-0.05, 0) is 17.9 Å². The van der Waals surface area contributed by atoms with Crippen molar-refractivity contribution in [1.82, 2.24) is 10.6 Å². The predicted molar refractivity (Wildman–Crippen MR) is 119 cm³/mol. The van der Waals surface area contributed by atoms with Gasteiger partial charge in [0.25, 0.3) is 0 Å². The second-order valence-corrected chi connectivity index (χ2v) is 7.81. The summed E-state index contributed by atoms with van der Waals surface area (Å²) in [6, 6.07) is 6.33. The topological polar surface area (TPSA) is 146 Å². The monoisotopic (exact) mass is 480 g/mol. The van der Waals surface area contributed by atoms with Crippen molar-refractivity contribution in [3.8, 4) is 0 Å². The average Bonchev–Trinajstić information content (AvgIpc) is 2.83. The van der Waals surface area contributed by atoms with Crippen LogP contribution in [0.5, 0.6) is 0 Å². The average molecular weight is 481 g/mol. The molecule has 0 bridgehead atoms. The number of carbonyl (C=O) groups is 5. The lowest BCUT2D eigenvalue weighted by Gasteiger charge is -2.26. The molecule has 3 atom stereocenters. The van der Waals surface area contributed by atoms with Gasteiger partial charge < -0.3 is 29.6 Å². The van der Waals surface area contributed by atoms with Crippen LogP contribution in [0.3, 0.4) is 0 Å². The first-order chi connectivity index (χ1) is 16.1. The molecule has 11 nitrogen and oxygen atoms in total. The second-order valence-electron chi connectivity index (χ2n) is 7.81. The molecule has 1 aromatic rings. The number of nitrogens with one attached hydrogen (secondary N) is 2. The van der Waals surface area contributed by atoms with Crippen LogP contribution in [0.2, 0.25) is 0 Å². The van der Waals surface area contributed by atoms with Crippen LogP contribution in [0, 0.1) is 11.8 Å². The lowest BCUT2D eigenvalue weighted by Crippen LogP contribution is -2.56. The van der Waals surface area contributed by atoms with Crippen molar-refractivity contribution in [3.63, 3.8) is 0 Å². The molecule has 0 fully saturated rings. The van der Waals surface area contributed by atoms with Crippen LogP contribution in [-0.2, 0) is 44.7 Å². The summed E-state index contributed by atoms with van der Waals surface area (Å²) in [5.74, 6) is -4.87. The van der Waals surface area contributed by atoms with Gasteiger partial charge in [0.2, 0.25) is 5.91 Å². The molecule has 2 amide bonds. The first kappa shape index (κ1) is 28.4. The van der Waals surface area contributed by atoms with Crippen LogP contribution in [0.1, 0.15) is 32.3 Å². The summed E-state index contributed by atoms with van der Waals surface area (Å²) in [5.41, 5.74) is 0.761. The number of amides is 2. The molecule has 34 heavy (non-hydrogen) atoms. The number of hydrogen-bond acceptors (Lipinski definition) is 9. The highest BCUT2D eigenvalue weighted by Crippen LogP contribution is 2.16. The Balaban J connectivity index is 3.01. The highest BCUT2D eigenvalue weighted by Gasteiger charge is 2.40. The zero-order valence-electron chi connectivity index (χ0n) is 20.0. The van der Waals surface area contributed by atoms with E-state index >= 15 is 0 Å². The molecule has 2 N–H and O–H groups in total. The van der Waals surface area contributed by atoms with Crippen molar-refractivity contribution in [3.05, 3.63) is 35.9 Å². The van der Waals surface area contributed by atoms with Gasteiger partial charge in [-0.2, -0.15) is 0 Å². The number of hydrogen-bond donors (Lipinski definition) is 2. The molecule has 0 unspecified atom stereocenters. The molecule has 0 spiro atoms. The largest absolute Gasteiger partial charge is 0.469 e. The highest BCUT2D eigenvalue weighted by atomic mass is 16.6. The third-order valence-electron chi connectivity index (χ3n) is 4.80. The quantitative estimate of drug-likeness (QED) is 0.334. The van der Waals surface area contributed by atoms with Gasteiger partial charge in [-0.15, -0.1) is 0 Å². The Morgan fingerprint density at radius 3 is 2.00 bits per heavy atom. The Morgan fingerprint density at radius 2 is 1.47 bits per heavy atom. The van der Waals surface area contributed by atoms with Crippen LogP contribution in [0.4, 0.5) is 4.79 Å². The molecular weight excluding hydrogens is 448 g/mol. The molecule has 0 heterocycles. The highest BCUT2D eigenvalue weighted by molar-refractivity contribution is 5.93. The van der Waals surface area contributed by atoms with E-state index in [1.165, 1.54) is 0 Å². The number of esters is 3. The third-order valence-corrected chi connectivity index (χ3v) is 4.80. The number of benzene rings is 1. The van der Waals surface area contributed by atoms with Crippen molar-refractivity contribution in [1.29, 1.82) is 0 Å². The van der Waals surface area contributed by atoms with Crippen molar-refractivity contribution in [2.45, 2.75) is 45.4 Å². The number of ether oxygens (including phenoxy) is 4. The van der Waals surface area contributed by atoms with Crippen LogP contribution in [-0.4, -0.2) is 63.3 Å². The van der Waals surface area contributed by atoms with E-state index in [1.807, 2.05) is 19.9 Å². The third kappa shape index (κ3) is 9.47. The first-order valence-corrected chi connectivity index (χ1v) is 10.6. The van der Waals surface area contributed by atoms with Crippen molar-refractivity contribution in [2.75, 3.05) is 21.3 Å². The number of alkyl carbamates (subject to hydrolysis) is 1. The molecule has 11 heteroatoms. The molecule has 0 saturated heterocycles. The Kier molecular flexibility index (Phi) is 12.1. The van der Waals surface area contributed by atoms with Gasteiger partial charge in [0.05, 0.1) is 33.7 Å². The fraction of sp³-hybridized carbons (Fsp3) is 0.522. The van der Waals surface area contributed by atoms with Gasteiger partial charge in [0, 0.05) is 0 Å². The normalized spacial score (nSPS) is 13.1. The van der Waals surface area contributed by atoms with E-state index in [9.17, 15) is 24.0 Å². The summed E-state index contributed by atoms with van der Waals surface area (Å²) >= 11 is 0. The van der Waals surface area contributed by atoms with Crippen molar-refractivity contribution in [2.24, 2.45) is 11.8 Å². The molecular formula is C23H32N2O9. The van der Waals surface area contributed by atoms with Gasteiger partial charge >= 0.3 is 24.0 Å². The Morgan fingerprint density at radius 1 is 0.853 bits per heavy atom. The van der Waals surface area contributed by atoms with Crippen LogP contribution in [0.15, 0.2) is 30.3 Å². The summed E-state index contributed by atoms with van der Waals surface area (Å²) in [4.78, 5) is 61.8. The van der Waals surface area contributed by atoms with Gasteiger partial charge in [-0.1, -0.05) is 44.2 Å². The summed E-state index contributed by atoms with van der Waals surface area (Å²) < 4.78 is 19.1. The van der Waals surface area contributed by atoms with Gasteiger partial charge in [-0.3, -0.25) is 14.4 Å². The maximum absolute atomic E-state index is 13.0. The van der Waals surface area contributed by atoms with E-state index < -0.39 is 54.3 Å². The fourth-order valence-corrected chi connectivity index (χ4v) is 3.07. The maximum Gasteiger partial charge on any atom is 0.408 e. The lowest BCUT2D eigenvalue weighted by atomic mass is 9.95. The minimum absolute atomic E-state index is 0.00296. The van der Waals surface area contributed by atoms with Gasteiger partial charge in [0.15, 0.2) is 0 Å². The first-order valence-electron chi connectivity index (χ1n) is 10.6. The molecule has 0 saturated carbocycles. The van der Waals surface area contributed by atoms with Crippen molar-refractivity contribution < 1.29 is 42.9 Å². The summed E-state index contributed by atoms with van der Waals surface area (Å²) in [5, 5.41) is 4.89. The molecule has 0 radical (unpaired) electrons. The Labute approximate surface area is 198 Å². The molecule has 188 valence electrons. The number of carbonyl (C=O) groups excluding carboxylic acids is 5. The standard InChI is InChI=1S/C23H32N2O9/c1-14(2)11-17(24-23(30)34-13-15-9-7-6-8-10-15)20(27)25-19(22(29)33-5)16(21(28)32-4)12-18(26)31-3/h6-10,14,16-17,19H,11-13H2,1-5H3,(H,24,30)(H,25,27)/t16-,17+,19+/m1/s1. The molecule has 0 aliphatic heterocycles. The molecule has 0 aliphatic carbocycles. The predicted octanol–water partition coefficient (Wildman–Crippen LogP) is 1.34. The summed E-state index contributed by atoms with van der Waals surface area (Å²) in [7, 11) is 3.26. The Hall–Kier alpha value is -3.63. The maximum atomic E-state index is 13.0. The minimum atomic E-state index is -1.55.